The van der Waals surface area contributed by atoms with E-state index in [-0.39, 0.29) is 6.61 Å². The second-order valence-corrected chi connectivity index (χ2v) is 14.7. The topological polar surface area (TPSA) is 109 Å². The first-order valence-corrected chi connectivity index (χ1v) is 15.3. The molecule has 0 bridgehead atoms. The molecule has 0 heterocycles. The summed E-state index contributed by atoms with van der Waals surface area (Å²) in [5.74, 6) is -3.25. The molecule has 0 radical (unpaired) electrons. The lowest BCUT2D eigenvalue weighted by atomic mass is 9.86. The molecule has 0 spiro atoms. The average Bonchev–Trinajstić information content (AvgIpc) is 3.46. The quantitative estimate of drug-likeness (QED) is 0.198. The molecule has 1 aromatic carbocycles. The smallest absolute Gasteiger partial charge is 0.408 e. The van der Waals surface area contributed by atoms with Crippen molar-refractivity contribution in [1.29, 1.82) is 0 Å². The summed E-state index contributed by atoms with van der Waals surface area (Å²) in [4.78, 5) is 41.0. The Kier molecular flexibility index (Phi) is 9.98. The molecule has 2 aliphatic rings. The van der Waals surface area contributed by atoms with Crippen LogP contribution in [0.5, 0.6) is 0 Å². The van der Waals surface area contributed by atoms with Gasteiger partial charge in [0.2, 0.25) is 0 Å². The van der Waals surface area contributed by atoms with Crippen molar-refractivity contribution in [3.05, 3.63) is 33.8 Å². The molecule has 41 heavy (non-hydrogen) atoms. The molecule has 1 amide bonds. The Labute approximate surface area is 256 Å². The molecule has 6 atom stereocenters. The van der Waals surface area contributed by atoms with Crippen molar-refractivity contribution in [3.63, 3.8) is 0 Å². The number of esters is 2. The Balaban J connectivity index is 2.12. The van der Waals surface area contributed by atoms with Crippen LogP contribution in [0, 0.1) is 17.8 Å². The van der Waals surface area contributed by atoms with E-state index < -0.39 is 70.3 Å². The highest BCUT2D eigenvalue weighted by Gasteiger charge is 2.82. The van der Waals surface area contributed by atoms with Gasteiger partial charge >= 0.3 is 18.0 Å². The molecule has 0 aromatic heterocycles. The van der Waals surface area contributed by atoms with Gasteiger partial charge in [0.15, 0.2) is 5.54 Å². The van der Waals surface area contributed by atoms with E-state index in [9.17, 15) is 14.4 Å². The van der Waals surface area contributed by atoms with Crippen LogP contribution in [0.25, 0.3) is 0 Å². The fourth-order valence-corrected chi connectivity index (χ4v) is 5.99. The van der Waals surface area contributed by atoms with Crippen LogP contribution in [0.1, 0.15) is 67.9 Å². The number of hydrogen-bond donors (Lipinski definition) is 1. The predicted octanol–water partition coefficient (Wildman–Crippen LogP) is 6.36. The molecule has 1 N–H and O–H groups in total. The van der Waals surface area contributed by atoms with Gasteiger partial charge < -0.3 is 28.4 Å². The van der Waals surface area contributed by atoms with Crippen LogP contribution in [0.4, 0.5) is 4.79 Å². The first-order valence-electron chi connectivity index (χ1n) is 13.4. The highest BCUT2D eigenvalue weighted by atomic mass is 35.5. The SMILES string of the molecule is CSO[C@@H]1[C@H]2[C@H](C(=O)OC(C)(C)C)[C@H]2[C@](NC(=O)OC(C)(C)C)(C(=O)OC(C)(C)C)[C@@H]1OCc1ccc(Cl)c(Cl)c1. The highest BCUT2D eigenvalue weighted by Crippen LogP contribution is 2.65. The minimum Gasteiger partial charge on any atom is -0.460 e. The first-order chi connectivity index (χ1) is 18.7. The molecule has 12 heteroatoms. The summed E-state index contributed by atoms with van der Waals surface area (Å²) in [5.41, 5.74) is -3.70. The average molecular weight is 635 g/mol. The Morgan fingerprint density at radius 2 is 1.49 bits per heavy atom. The van der Waals surface area contributed by atoms with Crippen LogP contribution in [0.15, 0.2) is 18.2 Å². The lowest BCUT2D eigenvalue weighted by Gasteiger charge is -2.40. The summed E-state index contributed by atoms with van der Waals surface area (Å²) in [6.07, 6.45) is -0.965. The number of fused-ring (bicyclic) bond motifs is 1. The molecule has 0 saturated heterocycles. The number of hydrogen-bond acceptors (Lipinski definition) is 9. The summed E-state index contributed by atoms with van der Waals surface area (Å²) in [6.45, 7) is 15.6. The molecule has 3 rings (SSSR count). The largest absolute Gasteiger partial charge is 0.460 e. The van der Waals surface area contributed by atoms with Crippen LogP contribution >= 0.6 is 35.2 Å². The van der Waals surface area contributed by atoms with E-state index in [2.05, 4.69) is 5.32 Å². The molecule has 0 aliphatic heterocycles. The van der Waals surface area contributed by atoms with Gasteiger partial charge in [-0.2, -0.15) is 0 Å². The van der Waals surface area contributed by atoms with Crippen molar-refractivity contribution in [1.82, 2.24) is 5.32 Å². The molecule has 2 fully saturated rings. The molecule has 1 aromatic rings. The van der Waals surface area contributed by atoms with Gasteiger partial charge in [0.05, 0.1) is 22.6 Å². The van der Waals surface area contributed by atoms with Gasteiger partial charge in [-0.05, 0) is 92.1 Å². The molecule has 2 saturated carbocycles. The minimum absolute atomic E-state index is 0.00683. The number of benzene rings is 1. The third-order valence-corrected chi connectivity index (χ3v) is 7.63. The van der Waals surface area contributed by atoms with Gasteiger partial charge in [0, 0.05) is 18.1 Å². The summed E-state index contributed by atoms with van der Waals surface area (Å²) >= 11 is 13.4. The zero-order valence-electron chi connectivity index (χ0n) is 25.3. The molecule has 9 nitrogen and oxygen atoms in total. The number of halogens is 2. The molecular formula is C29H41Cl2NO8S. The van der Waals surface area contributed by atoms with Crippen LogP contribution in [-0.4, -0.2) is 58.8 Å². The van der Waals surface area contributed by atoms with Gasteiger partial charge in [-0.1, -0.05) is 29.3 Å². The lowest BCUT2D eigenvalue weighted by molar-refractivity contribution is -0.177. The van der Waals surface area contributed by atoms with Crippen LogP contribution in [0.2, 0.25) is 10.0 Å². The van der Waals surface area contributed by atoms with Crippen molar-refractivity contribution in [3.8, 4) is 0 Å². The normalized spacial score (nSPS) is 27.6. The maximum absolute atomic E-state index is 14.2. The summed E-state index contributed by atoms with van der Waals surface area (Å²) in [5, 5.41) is 3.53. The fourth-order valence-electron chi connectivity index (χ4n) is 5.21. The van der Waals surface area contributed by atoms with Gasteiger partial charge in [-0.3, -0.25) is 4.79 Å². The van der Waals surface area contributed by atoms with E-state index in [0.29, 0.717) is 15.6 Å². The van der Waals surface area contributed by atoms with Crippen LogP contribution < -0.4 is 5.32 Å². The second kappa shape index (κ2) is 12.1. The number of alkyl carbamates (subject to hydrolysis) is 1. The molecule has 0 unspecified atom stereocenters. The lowest BCUT2D eigenvalue weighted by Crippen LogP contribution is -2.67. The number of carbonyl (C=O) groups excluding carboxylic acids is 3. The van der Waals surface area contributed by atoms with Gasteiger partial charge in [-0.15, -0.1) is 0 Å². The zero-order valence-corrected chi connectivity index (χ0v) is 27.6. The zero-order chi connectivity index (χ0) is 31.1. The first kappa shape index (κ1) is 33.8. The van der Waals surface area contributed by atoms with E-state index in [4.69, 9.17) is 46.3 Å². The van der Waals surface area contributed by atoms with E-state index >= 15 is 0 Å². The highest BCUT2D eigenvalue weighted by molar-refractivity contribution is 7.93. The number of ether oxygens (including phenoxy) is 4. The van der Waals surface area contributed by atoms with Crippen molar-refractivity contribution < 1.29 is 37.5 Å². The van der Waals surface area contributed by atoms with Crippen LogP contribution in [-0.2, 0) is 39.3 Å². The summed E-state index contributed by atoms with van der Waals surface area (Å²) in [6, 6.07) is 5.04. The van der Waals surface area contributed by atoms with Crippen molar-refractivity contribution >= 4 is 53.3 Å². The van der Waals surface area contributed by atoms with E-state index in [1.54, 1.807) is 86.8 Å². The third kappa shape index (κ3) is 8.02. The van der Waals surface area contributed by atoms with Gasteiger partial charge in [0.1, 0.15) is 29.0 Å². The number of amides is 1. The van der Waals surface area contributed by atoms with E-state index in [0.717, 1.165) is 12.0 Å². The number of rotatable bonds is 8. The molecular weight excluding hydrogens is 593 g/mol. The third-order valence-electron chi connectivity index (χ3n) is 6.47. The van der Waals surface area contributed by atoms with Crippen molar-refractivity contribution in [2.45, 2.75) is 103 Å². The van der Waals surface area contributed by atoms with Gasteiger partial charge in [0.25, 0.3) is 0 Å². The number of nitrogens with one attached hydrogen (secondary N) is 1. The van der Waals surface area contributed by atoms with E-state index in [1.165, 1.54) is 0 Å². The van der Waals surface area contributed by atoms with E-state index in [1.807, 2.05) is 0 Å². The summed E-state index contributed by atoms with van der Waals surface area (Å²) < 4.78 is 29.6. The monoisotopic (exact) mass is 633 g/mol. The fraction of sp³-hybridized carbons (Fsp3) is 0.690. The Hall–Kier alpha value is -1.72. The Morgan fingerprint density at radius 1 is 0.902 bits per heavy atom. The molecule has 230 valence electrons. The van der Waals surface area contributed by atoms with Crippen LogP contribution in [0.3, 0.4) is 0 Å². The summed E-state index contributed by atoms with van der Waals surface area (Å²) in [7, 11) is 0. The maximum atomic E-state index is 14.2. The van der Waals surface area contributed by atoms with Crippen molar-refractivity contribution in [2.24, 2.45) is 17.8 Å². The minimum atomic E-state index is -1.83. The Bertz CT molecular complexity index is 1160. The standard InChI is InChI=1S/C29H41Cl2NO8S/c1-26(2,3)37-23(33)19-18-20(19)29(24(34)38-27(4,5)6,32-25(35)39-28(7,8)9)22(21(18)40-41-10)36-14-15-11-12-16(30)17(31)13-15/h11-13,18-22H,14H2,1-10H3,(H,32,35)/t18-,19-,20-,21+,22+,29+/m0/s1. The second-order valence-electron chi connectivity index (χ2n) is 13.4. The van der Waals surface area contributed by atoms with Gasteiger partial charge in [-0.25, -0.2) is 9.59 Å². The molecule has 2 aliphatic carbocycles. The van der Waals surface area contributed by atoms with Crippen molar-refractivity contribution in [2.75, 3.05) is 6.26 Å². The Morgan fingerprint density at radius 3 is 2.00 bits per heavy atom. The maximum Gasteiger partial charge on any atom is 0.408 e. The predicted molar refractivity (Wildman–Crippen MR) is 158 cm³/mol. The number of carbonyl (C=O) groups is 3.